The molecule has 1 nitrogen and oxygen atoms in total. The number of rotatable bonds is 1. The number of para-hydroxylation sites is 1. The van der Waals surface area contributed by atoms with Crippen molar-refractivity contribution in [2.75, 3.05) is 11.4 Å². The van der Waals surface area contributed by atoms with Crippen molar-refractivity contribution in [2.24, 2.45) is 5.41 Å². The molecule has 1 saturated heterocycles. The van der Waals surface area contributed by atoms with Gasteiger partial charge in [0, 0.05) is 17.8 Å². The Balaban J connectivity index is 0.00000144. The van der Waals surface area contributed by atoms with E-state index in [9.17, 15) is 0 Å². The van der Waals surface area contributed by atoms with Gasteiger partial charge < -0.3 is 4.90 Å². The normalized spacial score (nSPS) is 21.8. The zero-order valence-corrected chi connectivity index (χ0v) is 11.0. The Hall–Kier alpha value is -0.383. The zero-order chi connectivity index (χ0) is 11.8. The summed E-state index contributed by atoms with van der Waals surface area (Å²) >= 11 is 0. The third-order valence-electron chi connectivity index (χ3n) is 4.58. The van der Waals surface area contributed by atoms with Crippen LogP contribution < -0.4 is 4.90 Å². The standard InChI is InChI=1S/C15H23N.Li.H/c1-14(2)11-8-12-16(15(14,3)4)13-9-6-5-7-10-13;;/h5-7,9-10H,8,11-12H2,1-4H3;;. The van der Waals surface area contributed by atoms with Gasteiger partial charge in [0.25, 0.3) is 0 Å². The van der Waals surface area contributed by atoms with Crippen molar-refractivity contribution in [3.05, 3.63) is 30.3 Å². The predicted molar refractivity (Wildman–Crippen MR) is 78.0 cm³/mol. The monoisotopic (exact) mass is 225 g/mol. The fraction of sp³-hybridized carbons (Fsp3) is 0.600. The topological polar surface area (TPSA) is 3.24 Å². The van der Waals surface area contributed by atoms with Crippen LogP contribution in [0.1, 0.15) is 40.5 Å². The molecule has 1 aromatic rings. The zero-order valence-electron chi connectivity index (χ0n) is 11.0. The Kier molecular flexibility index (Phi) is 4.39. The second-order valence-corrected chi connectivity index (χ2v) is 6.03. The van der Waals surface area contributed by atoms with Crippen molar-refractivity contribution >= 4 is 24.5 Å². The molecule has 0 aromatic heterocycles. The molecule has 0 N–H and O–H groups in total. The molecule has 0 saturated carbocycles. The van der Waals surface area contributed by atoms with Gasteiger partial charge >= 0.3 is 18.9 Å². The van der Waals surface area contributed by atoms with Crippen LogP contribution in [-0.4, -0.2) is 30.9 Å². The summed E-state index contributed by atoms with van der Waals surface area (Å²) in [6, 6.07) is 10.8. The number of benzene rings is 1. The molecule has 0 unspecified atom stereocenters. The van der Waals surface area contributed by atoms with Crippen LogP contribution in [0.2, 0.25) is 0 Å². The fourth-order valence-corrected chi connectivity index (χ4v) is 2.69. The molecule has 0 amide bonds. The third kappa shape index (κ3) is 2.56. The minimum atomic E-state index is 0. The van der Waals surface area contributed by atoms with Gasteiger partial charge in [-0.2, -0.15) is 0 Å². The van der Waals surface area contributed by atoms with E-state index in [1.165, 1.54) is 25.1 Å². The molecule has 1 fully saturated rings. The number of anilines is 1. The van der Waals surface area contributed by atoms with Gasteiger partial charge in [-0.1, -0.05) is 32.0 Å². The molecule has 17 heavy (non-hydrogen) atoms. The molecule has 2 rings (SSSR count). The van der Waals surface area contributed by atoms with Crippen molar-refractivity contribution in [1.29, 1.82) is 0 Å². The van der Waals surface area contributed by atoms with Gasteiger partial charge in [-0.15, -0.1) is 0 Å². The molecule has 1 aromatic carbocycles. The Morgan fingerprint density at radius 1 is 1.00 bits per heavy atom. The van der Waals surface area contributed by atoms with Gasteiger partial charge in [-0.05, 0) is 44.2 Å². The summed E-state index contributed by atoms with van der Waals surface area (Å²) in [5.41, 5.74) is 1.97. The summed E-state index contributed by atoms with van der Waals surface area (Å²) in [4.78, 5) is 2.57. The Morgan fingerprint density at radius 2 is 1.59 bits per heavy atom. The van der Waals surface area contributed by atoms with E-state index in [1.54, 1.807) is 0 Å². The Labute approximate surface area is 118 Å². The first-order valence-electron chi connectivity index (χ1n) is 6.28. The van der Waals surface area contributed by atoms with E-state index >= 15 is 0 Å². The summed E-state index contributed by atoms with van der Waals surface area (Å²) in [7, 11) is 0. The van der Waals surface area contributed by atoms with Crippen molar-refractivity contribution in [3.63, 3.8) is 0 Å². The van der Waals surface area contributed by atoms with Crippen LogP contribution in [0.25, 0.3) is 0 Å². The van der Waals surface area contributed by atoms with Crippen LogP contribution >= 0.6 is 0 Å². The fourth-order valence-electron chi connectivity index (χ4n) is 2.69. The summed E-state index contributed by atoms with van der Waals surface area (Å²) in [6.45, 7) is 10.7. The van der Waals surface area contributed by atoms with Gasteiger partial charge in [0.15, 0.2) is 0 Å². The van der Waals surface area contributed by atoms with Crippen LogP contribution in [0.3, 0.4) is 0 Å². The average molecular weight is 225 g/mol. The third-order valence-corrected chi connectivity index (χ3v) is 4.58. The Bertz CT molecular complexity index is 356. The summed E-state index contributed by atoms with van der Waals surface area (Å²) in [5, 5.41) is 0. The number of nitrogens with zero attached hydrogens (tertiary/aromatic N) is 1. The summed E-state index contributed by atoms with van der Waals surface area (Å²) in [5.74, 6) is 0. The van der Waals surface area contributed by atoms with Gasteiger partial charge in [-0.25, -0.2) is 0 Å². The van der Waals surface area contributed by atoms with Gasteiger partial charge in [0.05, 0.1) is 0 Å². The number of piperidine rings is 1. The molecule has 1 aliphatic heterocycles. The molecule has 1 aliphatic rings. The van der Waals surface area contributed by atoms with Gasteiger partial charge in [0.1, 0.15) is 0 Å². The van der Waals surface area contributed by atoms with Crippen molar-refractivity contribution < 1.29 is 0 Å². The summed E-state index contributed by atoms with van der Waals surface area (Å²) in [6.07, 6.45) is 2.62. The molecule has 0 bridgehead atoms. The first kappa shape index (κ1) is 14.7. The maximum absolute atomic E-state index is 2.57. The molecular formula is C15H24LiN. The van der Waals surface area contributed by atoms with Crippen LogP contribution in [0, 0.1) is 5.41 Å². The maximum atomic E-state index is 2.57. The van der Waals surface area contributed by atoms with E-state index in [2.05, 4.69) is 62.9 Å². The van der Waals surface area contributed by atoms with E-state index in [4.69, 9.17) is 0 Å². The second kappa shape index (κ2) is 5.08. The van der Waals surface area contributed by atoms with E-state index < -0.39 is 0 Å². The van der Waals surface area contributed by atoms with Gasteiger partial charge in [0.2, 0.25) is 0 Å². The van der Waals surface area contributed by atoms with E-state index in [-0.39, 0.29) is 24.4 Å². The van der Waals surface area contributed by atoms with E-state index in [0.29, 0.717) is 5.41 Å². The van der Waals surface area contributed by atoms with Crippen LogP contribution in [-0.2, 0) is 0 Å². The number of hydrogen-bond acceptors (Lipinski definition) is 1. The van der Waals surface area contributed by atoms with Crippen molar-refractivity contribution in [3.8, 4) is 0 Å². The van der Waals surface area contributed by atoms with Gasteiger partial charge in [-0.3, -0.25) is 0 Å². The van der Waals surface area contributed by atoms with E-state index in [1.807, 2.05) is 0 Å². The first-order valence-corrected chi connectivity index (χ1v) is 6.28. The molecule has 0 spiro atoms. The molecule has 0 radical (unpaired) electrons. The predicted octanol–water partition coefficient (Wildman–Crippen LogP) is 3.44. The van der Waals surface area contributed by atoms with Crippen LogP contribution in [0.15, 0.2) is 30.3 Å². The molecular weight excluding hydrogens is 201 g/mol. The van der Waals surface area contributed by atoms with Crippen molar-refractivity contribution in [2.45, 2.75) is 46.1 Å². The molecule has 0 atom stereocenters. The average Bonchev–Trinajstić information content (AvgIpc) is 2.23. The van der Waals surface area contributed by atoms with Crippen LogP contribution in [0.5, 0.6) is 0 Å². The minimum absolute atomic E-state index is 0. The Morgan fingerprint density at radius 3 is 2.18 bits per heavy atom. The molecule has 0 aliphatic carbocycles. The number of hydrogen-bond donors (Lipinski definition) is 0. The van der Waals surface area contributed by atoms with Crippen LogP contribution in [0.4, 0.5) is 5.69 Å². The molecule has 1 heterocycles. The summed E-state index contributed by atoms with van der Waals surface area (Å²) < 4.78 is 0. The quantitative estimate of drug-likeness (QED) is 0.662. The molecule has 2 heteroatoms. The molecule has 90 valence electrons. The van der Waals surface area contributed by atoms with E-state index in [0.717, 1.165) is 0 Å². The second-order valence-electron chi connectivity index (χ2n) is 6.03. The first-order chi connectivity index (χ1) is 7.45. The SMILES string of the molecule is CC1(C)CCCN(c2ccccc2)C1(C)C.[LiH]. The van der Waals surface area contributed by atoms with Crippen molar-refractivity contribution in [1.82, 2.24) is 0 Å².